The van der Waals surface area contributed by atoms with Crippen LogP contribution in [0.2, 0.25) is 0 Å². The summed E-state index contributed by atoms with van der Waals surface area (Å²) in [5, 5.41) is 9.51. The number of benzene rings is 1. The maximum Gasteiger partial charge on any atom is 0.251 e. The van der Waals surface area contributed by atoms with Gasteiger partial charge >= 0.3 is 0 Å². The molecule has 3 heterocycles. The standard InChI is InChI=1S/C18H18N6O3S/c1-28(26,27)24-10-15(17-21-11-22-23-17)14-7-13(4-5-16(14)24)18(25)20-9-12-3-2-6-19-8-12/h2-8,11,15H,9-10H2,1H3,(H,20,25)(H,21,22,23)/t15-/m0/s1. The molecular weight excluding hydrogens is 380 g/mol. The van der Waals surface area contributed by atoms with E-state index in [2.05, 4.69) is 25.5 Å². The number of carbonyl (C=O) groups excluding carboxylic acids is 1. The molecule has 4 rings (SSSR count). The molecule has 0 saturated heterocycles. The van der Waals surface area contributed by atoms with Gasteiger partial charge in [0.25, 0.3) is 5.91 Å². The number of sulfonamides is 1. The van der Waals surface area contributed by atoms with E-state index in [-0.39, 0.29) is 18.4 Å². The normalized spacial score (nSPS) is 16.0. The minimum atomic E-state index is -3.46. The van der Waals surface area contributed by atoms with Crippen molar-refractivity contribution in [3.05, 3.63) is 71.6 Å². The number of nitrogens with zero attached hydrogens (tertiary/aromatic N) is 4. The minimum absolute atomic E-state index is 0.212. The molecule has 0 saturated carbocycles. The van der Waals surface area contributed by atoms with E-state index in [0.29, 0.717) is 23.6 Å². The lowest BCUT2D eigenvalue weighted by Crippen LogP contribution is -2.29. The van der Waals surface area contributed by atoms with Crippen molar-refractivity contribution in [2.24, 2.45) is 0 Å². The summed E-state index contributed by atoms with van der Waals surface area (Å²) < 4.78 is 25.7. The van der Waals surface area contributed by atoms with E-state index in [0.717, 1.165) is 17.4 Å². The molecule has 144 valence electrons. The Morgan fingerprint density at radius 2 is 2.21 bits per heavy atom. The van der Waals surface area contributed by atoms with Crippen LogP contribution in [0.5, 0.6) is 0 Å². The van der Waals surface area contributed by atoms with Gasteiger partial charge in [-0.3, -0.25) is 19.2 Å². The Balaban J connectivity index is 1.63. The molecule has 1 atom stereocenters. The first kappa shape index (κ1) is 18.1. The molecule has 1 aromatic carbocycles. The lowest BCUT2D eigenvalue weighted by molar-refractivity contribution is 0.0951. The van der Waals surface area contributed by atoms with Crippen LogP contribution in [0.1, 0.15) is 33.2 Å². The highest BCUT2D eigenvalue weighted by Gasteiger charge is 2.36. The van der Waals surface area contributed by atoms with Crippen LogP contribution in [0.15, 0.2) is 49.1 Å². The number of hydrogen-bond donors (Lipinski definition) is 2. The minimum Gasteiger partial charge on any atom is -0.348 e. The smallest absolute Gasteiger partial charge is 0.251 e. The van der Waals surface area contributed by atoms with Crippen molar-refractivity contribution >= 4 is 21.6 Å². The van der Waals surface area contributed by atoms with E-state index in [1.807, 2.05) is 6.07 Å². The van der Waals surface area contributed by atoms with Gasteiger partial charge in [-0.1, -0.05) is 6.07 Å². The molecule has 0 unspecified atom stereocenters. The van der Waals surface area contributed by atoms with Crippen LogP contribution in [-0.2, 0) is 16.6 Å². The fourth-order valence-electron chi connectivity index (χ4n) is 3.28. The third-order valence-corrected chi connectivity index (χ3v) is 5.77. The number of amides is 1. The molecule has 9 nitrogen and oxygen atoms in total. The van der Waals surface area contributed by atoms with E-state index >= 15 is 0 Å². The Bertz CT molecular complexity index is 1100. The molecule has 0 spiro atoms. The molecule has 2 N–H and O–H groups in total. The molecule has 3 aromatic rings. The Hall–Kier alpha value is -3.27. The number of nitrogens with one attached hydrogen (secondary N) is 2. The summed E-state index contributed by atoms with van der Waals surface area (Å²) in [6.45, 7) is 0.564. The number of hydrogen-bond acceptors (Lipinski definition) is 6. The molecule has 0 fully saturated rings. The number of carbonyl (C=O) groups is 1. The van der Waals surface area contributed by atoms with Gasteiger partial charge in [-0.15, -0.1) is 0 Å². The largest absolute Gasteiger partial charge is 0.348 e. The Morgan fingerprint density at radius 1 is 1.36 bits per heavy atom. The summed E-state index contributed by atoms with van der Waals surface area (Å²) in [5.41, 5.74) is 2.60. The van der Waals surface area contributed by atoms with Crippen molar-refractivity contribution in [3.63, 3.8) is 0 Å². The third-order valence-electron chi connectivity index (χ3n) is 4.62. The van der Waals surface area contributed by atoms with Gasteiger partial charge in [-0.2, -0.15) is 5.10 Å². The molecule has 1 amide bonds. The molecule has 28 heavy (non-hydrogen) atoms. The van der Waals surface area contributed by atoms with E-state index < -0.39 is 10.0 Å². The number of anilines is 1. The second kappa shape index (κ2) is 7.04. The van der Waals surface area contributed by atoms with Crippen LogP contribution in [0, 0.1) is 0 Å². The molecule has 2 aromatic heterocycles. The second-order valence-corrected chi connectivity index (χ2v) is 8.44. The highest BCUT2D eigenvalue weighted by atomic mass is 32.2. The van der Waals surface area contributed by atoms with Crippen LogP contribution >= 0.6 is 0 Å². The highest BCUT2D eigenvalue weighted by Crippen LogP contribution is 2.40. The van der Waals surface area contributed by atoms with Crippen LogP contribution in [-0.4, -0.2) is 47.3 Å². The Morgan fingerprint density at radius 3 is 2.89 bits per heavy atom. The fourth-order valence-corrected chi connectivity index (χ4v) is 4.23. The van der Waals surface area contributed by atoms with Crippen molar-refractivity contribution < 1.29 is 13.2 Å². The zero-order valence-corrected chi connectivity index (χ0v) is 15.8. The van der Waals surface area contributed by atoms with Gasteiger partial charge in [0.05, 0.1) is 17.9 Å². The number of aromatic amines is 1. The predicted molar refractivity (Wildman–Crippen MR) is 102 cm³/mol. The van der Waals surface area contributed by atoms with Crippen LogP contribution in [0.4, 0.5) is 5.69 Å². The van der Waals surface area contributed by atoms with Gasteiger partial charge in [-0.25, -0.2) is 13.4 Å². The summed E-state index contributed by atoms with van der Waals surface area (Å²) in [4.78, 5) is 20.8. The lowest BCUT2D eigenvalue weighted by Gasteiger charge is -2.16. The molecule has 0 radical (unpaired) electrons. The van der Waals surface area contributed by atoms with Crippen LogP contribution in [0.3, 0.4) is 0 Å². The maximum atomic E-state index is 12.6. The SMILES string of the molecule is CS(=O)(=O)N1C[C@H](c2ncn[nH]2)c2cc(C(=O)NCc3cccnc3)ccc21. The first-order valence-electron chi connectivity index (χ1n) is 8.57. The van der Waals surface area contributed by atoms with Crippen LogP contribution in [0.25, 0.3) is 0 Å². The summed E-state index contributed by atoms with van der Waals surface area (Å²) in [6.07, 6.45) is 5.90. The molecule has 10 heteroatoms. The monoisotopic (exact) mass is 398 g/mol. The second-order valence-electron chi connectivity index (χ2n) is 6.53. The van der Waals surface area contributed by atoms with Gasteiger partial charge in [0.15, 0.2) is 0 Å². The van der Waals surface area contributed by atoms with Gasteiger partial charge in [0.2, 0.25) is 10.0 Å². The number of aromatic nitrogens is 4. The zero-order chi connectivity index (χ0) is 19.7. The molecule has 0 aliphatic carbocycles. The van der Waals surface area contributed by atoms with Gasteiger partial charge in [-0.05, 0) is 35.4 Å². The number of H-pyrrole nitrogens is 1. The van der Waals surface area contributed by atoms with Gasteiger partial charge in [0, 0.05) is 31.0 Å². The number of fused-ring (bicyclic) bond motifs is 1. The summed E-state index contributed by atoms with van der Waals surface area (Å²) in [5.74, 6) is -0.0144. The van der Waals surface area contributed by atoms with E-state index in [4.69, 9.17) is 0 Å². The maximum absolute atomic E-state index is 12.6. The van der Waals surface area contributed by atoms with Crippen molar-refractivity contribution in [1.29, 1.82) is 0 Å². The summed E-state index contributed by atoms with van der Waals surface area (Å²) >= 11 is 0. The predicted octanol–water partition coefficient (Wildman–Crippen LogP) is 1.04. The highest BCUT2D eigenvalue weighted by molar-refractivity contribution is 7.92. The first-order chi connectivity index (χ1) is 13.4. The van der Waals surface area contributed by atoms with Crippen molar-refractivity contribution in [2.75, 3.05) is 17.1 Å². The quantitative estimate of drug-likeness (QED) is 0.662. The molecule has 0 bridgehead atoms. The van der Waals surface area contributed by atoms with Crippen molar-refractivity contribution in [2.45, 2.75) is 12.5 Å². The third kappa shape index (κ3) is 3.46. The number of rotatable bonds is 5. The lowest BCUT2D eigenvalue weighted by atomic mass is 9.98. The van der Waals surface area contributed by atoms with Crippen molar-refractivity contribution in [1.82, 2.24) is 25.5 Å². The van der Waals surface area contributed by atoms with Crippen LogP contribution < -0.4 is 9.62 Å². The fraction of sp³-hybridized carbons (Fsp3) is 0.222. The molecular formula is C18H18N6O3S. The van der Waals surface area contributed by atoms with E-state index in [1.165, 1.54) is 10.6 Å². The first-order valence-corrected chi connectivity index (χ1v) is 10.4. The van der Waals surface area contributed by atoms with Gasteiger partial charge < -0.3 is 5.32 Å². The zero-order valence-electron chi connectivity index (χ0n) is 15.0. The van der Waals surface area contributed by atoms with E-state index in [9.17, 15) is 13.2 Å². The Kier molecular flexibility index (Phi) is 4.55. The van der Waals surface area contributed by atoms with E-state index in [1.54, 1.807) is 36.7 Å². The average molecular weight is 398 g/mol. The topological polar surface area (TPSA) is 121 Å². The molecule has 1 aliphatic rings. The summed E-state index contributed by atoms with van der Waals surface area (Å²) in [7, 11) is -3.46. The number of pyridine rings is 1. The van der Waals surface area contributed by atoms with Crippen molar-refractivity contribution in [3.8, 4) is 0 Å². The van der Waals surface area contributed by atoms with Gasteiger partial charge in [0.1, 0.15) is 12.2 Å². The average Bonchev–Trinajstić information content (AvgIpc) is 3.33. The molecule has 1 aliphatic heterocycles. The Labute approximate surface area is 161 Å². The summed E-state index contributed by atoms with van der Waals surface area (Å²) in [6, 6.07) is 8.68.